The molecule has 0 bridgehead atoms. The number of likely N-dealkylation sites (tertiary alicyclic amines) is 1. The maximum Gasteiger partial charge on any atom is 0.263 e. The number of aliphatic hydroxyl groups is 1. The summed E-state index contributed by atoms with van der Waals surface area (Å²) in [7, 11) is 0. The Morgan fingerprint density at radius 1 is 0.903 bits per heavy atom. The normalized spacial score (nSPS) is 20.2. The van der Waals surface area contributed by atoms with E-state index in [0.29, 0.717) is 53.2 Å². The molecule has 15 heteroatoms. The molecule has 2 saturated heterocycles. The molecule has 0 spiro atoms. The molecule has 1 unspecified atom stereocenters. The maximum absolute atomic E-state index is 13.6. The maximum atomic E-state index is 13.6. The van der Waals surface area contributed by atoms with E-state index in [0.717, 1.165) is 75.2 Å². The Balaban J connectivity index is 0.762. The zero-order valence-corrected chi connectivity index (χ0v) is 34.9. The lowest BCUT2D eigenvalue weighted by Crippen LogP contribution is -2.52. The molecule has 4 aliphatic heterocycles. The number of rotatable bonds is 9. The van der Waals surface area contributed by atoms with E-state index in [9.17, 15) is 29.1 Å². The monoisotopic (exact) mass is 835 g/mol. The molecule has 3 fully saturated rings. The molecule has 318 valence electrons. The van der Waals surface area contributed by atoms with E-state index < -0.39 is 17.6 Å². The first-order valence-corrected chi connectivity index (χ1v) is 21.7. The van der Waals surface area contributed by atoms with Crippen LogP contribution in [0.25, 0.3) is 11.0 Å². The van der Waals surface area contributed by atoms with Gasteiger partial charge in [-0.05, 0) is 97.5 Å². The summed E-state index contributed by atoms with van der Waals surface area (Å²) in [4.78, 5) is 83.7. The molecule has 0 radical (unpaired) electrons. The number of carbonyl (C=O) groups excluding carboxylic acids is 4. The first-order valence-electron chi connectivity index (χ1n) is 21.7. The number of nitrogens with zero attached hydrogens (tertiary/aromatic N) is 7. The lowest BCUT2D eigenvalue weighted by molar-refractivity contribution is -0.136. The van der Waals surface area contributed by atoms with Crippen LogP contribution in [-0.4, -0.2) is 77.1 Å². The van der Waals surface area contributed by atoms with Crippen molar-refractivity contribution in [2.45, 2.75) is 109 Å². The first kappa shape index (κ1) is 39.8. The molecule has 3 amide bonds. The number of piperidine rings is 2. The molecule has 1 saturated carbocycles. The van der Waals surface area contributed by atoms with E-state index in [2.05, 4.69) is 43.6 Å². The Hall–Kier alpha value is -6.32. The Morgan fingerprint density at radius 2 is 1.69 bits per heavy atom. The number of imide groups is 1. The van der Waals surface area contributed by atoms with E-state index >= 15 is 0 Å². The van der Waals surface area contributed by atoms with Gasteiger partial charge in [-0.15, -0.1) is 0 Å². The number of amides is 3. The van der Waals surface area contributed by atoms with Gasteiger partial charge in [0.15, 0.2) is 5.78 Å². The highest BCUT2D eigenvalue weighted by atomic mass is 16.3. The van der Waals surface area contributed by atoms with Crippen LogP contribution in [0.3, 0.4) is 0 Å². The number of ketones is 1. The van der Waals surface area contributed by atoms with Gasteiger partial charge in [-0.2, -0.15) is 4.98 Å². The number of hydrogen-bond donors (Lipinski definition) is 3. The van der Waals surface area contributed by atoms with E-state index in [4.69, 9.17) is 9.97 Å². The number of Topliss-reactive ketones (excluding diaryl/α,β-unsaturated/α-hetero) is 1. The van der Waals surface area contributed by atoms with Gasteiger partial charge in [0.05, 0.1) is 23.0 Å². The molecule has 5 aliphatic rings. The molecule has 1 aliphatic carbocycles. The van der Waals surface area contributed by atoms with E-state index in [1.165, 1.54) is 23.6 Å². The van der Waals surface area contributed by atoms with Gasteiger partial charge >= 0.3 is 0 Å². The zero-order valence-electron chi connectivity index (χ0n) is 34.9. The highest BCUT2D eigenvalue weighted by Gasteiger charge is 2.41. The second-order valence-corrected chi connectivity index (χ2v) is 17.7. The molecule has 1 atom stereocenters. The molecule has 62 heavy (non-hydrogen) atoms. The highest BCUT2D eigenvalue weighted by molar-refractivity contribution is 6.05. The smallest absolute Gasteiger partial charge is 0.263 e. The third kappa shape index (κ3) is 7.12. The van der Waals surface area contributed by atoms with Crippen molar-refractivity contribution < 1.29 is 24.3 Å². The van der Waals surface area contributed by atoms with Crippen LogP contribution >= 0.6 is 0 Å². The summed E-state index contributed by atoms with van der Waals surface area (Å²) < 4.78 is 1.71. The highest BCUT2D eigenvalue weighted by Crippen LogP contribution is 2.38. The minimum atomic E-state index is -1.02. The van der Waals surface area contributed by atoms with Gasteiger partial charge < -0.3 is 20.2 Å². The summed E-state index contributed by atoms with van der Waals surface area (Å²) in [5, 5.41) is 18.1. The van der Waals surface area contributed by atoms with Crippen molar-refractivity contribution in [1.82, 2.24) is 34.6 Å². The molecule has 3 N–H and O–H groups in total. The number of benzene rings is 2. The lowest BCUT2D eigenvalue weighted by atomic mass is 9.83. The Bertz CT molecular complexity index is 2740. The summed E-state index contributed by atoms with van der Waals surface area (Å²) in [5.41, 5.74) is 6.95. The fraction of sp³-hybridized carbons (Fsp3) is 0.404. The summed E-state index contributed by atoms with van der Waals surface area (Å²) >= 11 is 0. The SMILES string of the molecule is CC(=O)c1c(C)c2cnc(Nc3ccc(N4Cc5ccc(CN6CCC(O)(c7ccc8c(c7)CN(C7CCC(=O)NC7=O)C8=O)CC6)cc5C4)cn3)nc2n(C2CCCC2)c1=O. The van der Waals surface area contributed by atoms with Crippen molar-refractivity contribution >= 4 is 52.0 Å². The lowest BCUT2D eigenvalue weighted by Gasteiger charge is -2.38. The minimum absolute atomic E-state index is 0.00151. The average molecular weight is 836 g/mol. The van der Waals surface area contributed by atoms with Crippen LogP contribution in [0.2, 0.25) is 0 Å². The number of nitrogens with one attached hydrogen (secondary N) is 2. The van der Waals surface area contributed by atoms with Crippen LogP contribution < -0.4 is 21.1 Å². The van der Waals surface area contributed by atoms with Gasteiger partial charge in [0.25, 0.3) is 11.5 Å². The van der Waals surface area contributed by atoms with Crippen LogP contribution in [-0.2, 0) is 41.4 Å². The summed E-state index contributed by atoms with van der Waals surface area (Å²) in [5.74, 6) is -0.298. The number of aromatic nitrogens is 4. The average Bonchev–Trinajstić information content (AvgIpc) is 4.02. The number of anilines is 3. The van der Waals surface area contributed by atoms with Gasteiger partial charge in [-0.3, -0.25) is 38.8 Å². The van der Waals surface area contributed by atoms with Crippen molar-refractivity contribution in [1.29, 1.82) is 0 Å². The molecule has 3 aromatic heterocycles. The van der Waals surface area contributed by atoms with Crippen LogP contribution in [0.1, 0.15) is 118 Å². The van der Waals surface area contributed by atoms with Crippen LogP contribution in [0.4, 0.5) is 17.5 Å². The molecule has 5 aromatic rings. The van der Waals surface area contributed by atoms with Crippen molar-refractivity contribution in [2.24, 2.45) is 0 Å². The Kier molecular flexibility index (Phi) is 9.98. The standard InChI is InChI=1S/C47H49N9O6/c1-27-37-22-49-46(52-42(37)56(34-5-3-4-6-34)45(61)41(27)28(2)57)50-39-13-10-35(21-48-39)54-24-30-8-7-29(19-31(30)25-54)23-53-17-15-47(62,16-18-53)33-9-11-36-32(20-33)26-55(44(36)60)38-12-14-40(58)51-43(38)59/h7-11,13,19-22,34,38,62H,3-6,12,14-18,23-26H2,1-2H3,(H,51,58,59)(H,48,49,50,52). The predicted octanol–water partition coefficient (Wildman–Crippen LogP) is 5.32. The molecule has 10 rings (SSSR count). The minimum Gasteiger partial charge on any atom is -0.385 e. The fourth-order valence-corrected chi connectivity index (χ4v) is 10.3. The molecule has 7 heterocycles. The van der Waals surface area contributed by atoms with Crippen molar-refractivity contribution in [3.8, 4) is 0 Å². The molecule has 2 aromatic carbocycles. The third-order valence-corrected chi connectivity index (χ3v) is 13.7. The van der Waals surface area contributed by atoms with Crippen LogP contribution in [0.15, 0.2) is 65.7 Å². The summed E-state index contributed by atoms with van der Waals surface area (Å²) in [6.45, 7) is 7.24. The largest absolute Gasteiger partial charge is 0.385 e. The number of carbonyl (C=O) groups is 4. The molecular formula is C47H49N9O6. The van der Waals surface area contributed by atoms with E-state index in [1.807, 2.05) is 30.5 Å². The number of aryl methyl sites for hydroxylation is 1. The second kappa shape index (κ2) is 15.5. The van der Waals surface area contributed by atoms with Gasteiger partial charge in [0, 0.05) is 68.9 Å². The van der Waals surface area contributed by atoms with Gasteiger partial charge in [0.1, 0.15) is 17.5 Å². The summed E-state index contributed by atoms with van der Waals surface area (Å²) in [6, 6.07) is 15.5. The van der Waals surface area contributed by atoms with Gasteiger partial charge in [0.2, 0.25) is 17.8 Å². The molecule has 15 nitrogen and oxygen atoms in total. The summed E-state index contributed by atoms with van der Waals surface area (Å²) in [6.07, 6.45) is 8.99. The van der Waals surface area contributed by atoms with E-state index in [-0.39, 0.29) is 47.7 Å². The van der Waals surface area contributed by atoms with E-state index in [1.54, 1.807) is 28.7 Å². The Morgan fingerprint density at radius 3 is 2.44 bits per heavy atom. The van der Waals surface area contributed by atoms with Gasteiger partial charge in [-0.1, -0.05) is 43.2 Å². The second-order valence-electron chi connectivity index (χ2n) is 17.7. The van der Waals surface area contributed by atoms with Crippen molar-refractivity contribution in [3.63, 3.8) is 0 Å². The Labute approximate surface area is 358 Å². The zero-order chi connectivity index (χ0) is 42.9. The van der Waals surface area contributed by atoms with Crippen molar-refractivity contribution in [2.75, 3.05) is 23.3 Å². The topological polar surface area (TPSA) is 183 Å². The fourth-order valence-electron chi connectivity index (χ4n) is 10.3. The van der Waals surface area contributed by atoms with Crippen LogP contribution in [0, 0.1) is 6.92 Å². The van der Waals surface area contributed by atoms with Crippen LogP contribution in [0.5, 0.6) is 0 Å². The van der Waals surface area contributed by atoms with Crippen molar-refractivity contribution in [3.05, 3.63) is 116 Å². The molecular weight excluding hydrogens is 787 g/mol. The first-order chi connectivity index (χ1) is 29.9. The number of fused-ring (bicyclic) bond motifs is 3. The number of pyridine rings is 2. The number of hydrogen-bond acceptors (Lipinski definition) is 12. The predicted molar refractivity (Wildman–Crippen MR) is 231 cm³/mol. The van der Waals surface area contributed by atoms with Gasteiger partial charge in [-0.25, -0.2) is 9.97 Å². The quantitative estimate of drug-likeness (QED) is 0.129. The third-order valence-electron chi connectivity index (χ3n) is 13.7.